The number of carbonyl (C=O) groups is 1. The maximum absolute atomic E-state index is 13.4. The maximum Gasteiger partial charge on any atom is 0.293 e. The Kier molecular flexibility index (Phi) is 5.87. The lowest BCUT2D eigenvalue weighted by Gasteiger charge is -2.37. The van der Waals surface area contributed by atoms with Gasteiger partial charge in [-0.25, -0.2) is 0 Å². The molecule has 1 spiro atoms. The average molecular weight is 420 g/mol. The largest absolute Gasteiger partial charge is 0.338 e. The fourth-order valence-corrected chi connectivity index (χ4v) is 4.56. The molecule has 0 radical (unpaired) electrons. The van der Waals surface area contributed by atoms with Crippen LogP contribution in [0.2, 0.25) is 0 Å². The molecule has 0 unspecified atom stereocenters. The molecular formula is C25H29N3O3. The third-order valence-electron chi connectivity index (χ3n) is 6.26. The Morgan fingerprint density at radius 1 is 0.871 bits per heavy atom. The van der Waals surface area contributed by atoms with Crippen molar-refractivity contribution in [1.29, 1.82) is 0 Å². The number of carbonyl (C=O) groups excluding carboxylic acids is 1. The highest BCUT2D eigenvalue weighted by molar-refractivity contribution is 6.06. The molecule has 3 heterocycles. The van der Waals surface area contributed by atoms with Gasteiger partial charge in [-0.1, -0.05) is 60.7 Å². The van der Waals surface area contributed by atoms with Crippen LogP contribution < -0.4 is 4.90 Å². The molecule has 0 atom stereocenters. The summed E-state index contributed by atoms with van der Waals surface area (Å²) in [7, 11) is 0. The zero-order valence-corrected chi connectivity index (χ0v) is 17.8. The van der Waals surface area contributed by atoms with E-state index in [1.165, 1.54) is 5.56 Å². The lowest BCUT2D eigenvalue weighted by atomic mass is 10.1. The van der Waals surface area contributed by atoms with Gasteiger partial charge in [-0.3, -0.25) is 19.5 Å². The summed E-state index contributed by atoms with van der Waals surface area (Å²) in [5, 5.41) is 0. The molecule has 2 saturated heterocycles. The second-order valence-electron chi connectivity index (χ2n) is 8.29. The molecular weight excluding hydrogens is 390 g/mol. The van der Waals surface area contributed by atoms with Crippen LogP contribution in [0.4, 0.5) is 5.69 Å². The molecule has 6 heteroatoms. The first kappa shape index (κ1) is 20.4. The summed E-state index contributed by atoms with van der Waals surface area (Å²) in [6, 6.07) is 18.3. The van der Waals surface area contributed by atoms with Gasteiger partial charge >= 0.3 is 0 Å². The number of nitrogens with zero attached hydrogens (tertiary/aromatic N) is 3. The van der Waals surface area contributed by atoms with Crippen molar-refractivity contribution in [1.82, 2.24) is 9.80 Å². The number of rotatable bonds is 5. The number of benzene rings is 2. The van der Waals surface area contributed by atoms with Crippen molar-refractivity contribution >= 4 is 17.7 Å². The van der Waals surface area contributed by atoms with Gasteiger partial charge in [-0.15, -0.1) is 0 Å². The summed E-state index contributed by atoms with van der Waals surface area (Å²) < 4.78 is 11.9. The van der Waals surface area contributed by atoms with E-state index in [0.717, 1.165) is 50.4 Å². The monoisotopic (exact) mass is 419 g/mol. The molecule has 31 heavy (non-hydrogen) atoms. The molecule has 162 valence electrons. The summed E-state index contributed by atoms with van der Waals surface area (Å²) in [6.45, 7) is 6.44. The Balaban J connectivity index is 1.20. The van der Waals surface area contributed by atoms with Crippen LogP contribution in [0, 0.1) is 0 Å². The topological polar surface area (TPSA) is 45.3 Å². The van der Waals surface area contributed by atoms with Crippen LogP contribution >= 0.6 is 0 Å². The predicted octanol–water partition coefficient (Wildman–Crippen LogP) is 2.91. The molecule has 5 rings (SSSR count). The fourth-order valence-electron chi connectivity index (χ4n) is 4.56. The number of piperazine rings is 1. The Morgan fingerprint density at radius 2 is 1.55 bits per heavy atom. The van der Waals surface area contributed by atoms with Crippen LogP contribution in [0.25, 0.3) is 6.08 Å². The zero-order valence-electron chi connectivity index (χ0n) is 17.8. The zero-order chi connectivity index (χ0) is 21.1. The lowest BCUT2D eigenvalue weighted by molar-refractivity contribution is -0.257. The number of hydrogen-bond acceptors (Lipinski definition) is 5. The van der Waals surface area contributed by atoms with E-state index in [2.05, 4.69) is 46.2 Å². The van der Waals surface area contributed by atoms with Crippen LogP contribution in [0.1, 0.15) is 17.5 Å². The van der Waals surface area contributed by atoms with Crippen LogP contribution in [0.5, 0.6) is 0 Å². The van der Waals surface area contributed by atoms with Crippen molar-refractivity contribution in [3.8, 4) is 0 Å². The second kappa shape index (κ2) is 8.93. The molecule has 2 aromatic rings. The first-order chi connectivity index (χ1) is 15.3. The van der Waals surface area contributed by atoms with Crippen molar-refractivity contribution in [2.24, 2.45) is 0 Å². The van der Waals surface area contributed by atoms with E-state index in [0.29, 0.717) is 19.9 Å². The quantitative estimate of drug-likeness (QED) is 0.746. The van der Waals surface area contributed by atoms with Gasteiger partial charge < -0.3 is 9.47 Å². The normalized spacial score (nSPS) is 21.8. The first-order valence-electron chi connectivity index (χ1n) is 11.1. The Bertz CT molecular complexity index is 932. The Labute approximate surface area is 183 Å². The van der Waals surface area contributed by atoms with E-state index in [9.17, 15) is 4.79 Å². The van der Waals surface area contributed by atoms with Gasteiger partial charge in [-0.05, 0) is 18.1 Å². The van der Waals surface area contributed by atoms with Crippen LogP contribution in [0.3, 0.4) is 0 Å². The second-order valence-corrected chi connectivity index (χ2v) is 8.29. The van der Waals surface area contributed by atoms with Crippen molar-refractivity contribution in [3.63, 3.8) is 0 Å². The van der Waals surface area contributed by atoms with Crippen LogP contribution in [0.15, 0.2) is 60.7 Å². The smallest absolute Gasteiger partial charge is 0.293 e. The van der Waals surface area contributed by atoms with Gasteiger partial charge in [0.25, 0.3) is 11.7 Å². The number of hydrogen-bond donors (Lipinski definition) is 0. The van der Waals surface area contributed by atoms with Crippen LogP contribution in [-0.4, -0.2) is 68.3 Å². The first-order valence-corrected chi connectivity index (χ1v) is 11.1. The van der Waals surface area contributed by atoms with Gasteiger partial charge in [0.05, 0.1) is 25.6 Å². The molecule has 3 aliphatic heterocycles. The summed E-state index contributed by atoms with van der Waals surface area (Å²) in [5.74, 6) is -1.35. The molecule has 1 amide bonds. The molecule has 0 N–H and O–H groups in total. The Hall–Kier alpha value is -2.51. The van der Waals surface area contributed by atoms with E-state index in [1.807, 2.05) is 35.2 Å². The minimum Gasteiger partial charge on any atom is -0.338 e. The molecule has 0 aliphatic carbocycles. The number of fused-ring (bicyclic) bond motifs is 2. The molecule has 6 nitrogen and oxygen atoms in total. The molecule has 3 aliphatic rings. The number of amides is 1. The summed E-state index contributed by atoms with van der Waals surface area (Å²) in [5.41, 5.74) is 2.97. The van der Waals surface area contributed by atoms with E-state index in [-0.39, 0.29) is 5.91 Å². The summed E-state index contributed by atoms with van der Waals surface area (Å²) in [4.78, 5) is 20.0. The number of anilines is 1. The van der Waals surface area contributed by atoms with Crippen LogP contribution in [-0.2, 0) is 20.1 Å². The van der Waals surface area contributed by atoms with Gasteiger partial charge in [0.15, 0.2) is 0 Å². The molecule has 2 aromatic carbocycles. The van der Waals surface area contributed by atoms with Gasteiger partial charge in [0.2, 0.25) is 0 Å². The van der Waals surface area contributed by atoms with E-state index >= 15 is 0 Å². The highest BCUT2D eigenvalue weighted by Gasteiger charge is 2.55. The number of ether oxygens (including phenoxy) is 2. The van der Waals surface area contributed by atoms with Crippen molar-refractivity contribution < 1.29 is 14.3 Å². The van der Waals surface area contributed by atoms with E-state index in [4.69, 9.17) is 9.47 Å². The average Bonchev–Trinajstić information content (AvgIpc) is 3.04. The van der Waals surface area contributed by atoms with Crippen molar-refractivity contribution in [3.05, 3.63) is 71.8 Å². The summed E-state index contributed by atoms with van der Waals surface area (Å²) >= 11 is 0. The fraction of sp³-hybridized carbons (Fsp3) is 0.400. The minimum absolute atomic E-state index is 0.0957. The van der Waals surface area contributed by atoms with Crippen molar-refractivity contribution in [2.45, 2.75) is 12.2 Å². The van der Waals surface area contributed by atoms with Gasteiger partial charge in [-0.2, -0.15) is 0 Å². The van der Waals surface area contributed by atoms with Gasteiger partial charge in [0.1, 0.15) is 0 Å². The van der Waals surface area contributed by atoms with Gasteiger partial charge in [0, 0.05) is 38.3 Å². The van der Waals surface area contributed by atoms with Crippen molar-refractivity contribution in [2.75, 3.05) is 57.5 Å². The molecule has 0 saturated carbocycles. The predicted molar refractivity (Wildman–Crippen MR) is 120 cm³/mol. The highest BCUT2D eigenvalue weighted by Crippen LogP contribution is 2.45. The standard InChI is InChI=1S/C25H29N3O3/c29-24-25(30-18-7-19-31-25)22-11-4-5-12-23(22)28(24)20-27-16-14-26(15-17-27)13-6-10-21-8-2-1-3-9-21/h1-6,8-12H,7,13-20H2/b10-6+. The SMILES string of the molecule is O=C1N(CN2CCN(C/C=C/c3ccccc3)CC2)c2ccccc2C12OCCCO2. The highest BCUT2D eigenvalue weighted by atomic mass is 16.7. The third-order valence-corrected chi connectivity index (χ3v) is 6.26. The summed E-state index contributed by atoms with van der Waals surface area (Å²) in [6.07, 6.45) is 5.22. The van der Waals surface area contributed by atoms with E-state index in [1.54, 1.807) is 0 Å². The lowest BCUT2D eigenvalue weighted by Crippen LogP contribution is -2.53. The maximum atomic E-state index is 13.4. The molecule has 2 fully saturated rings. The Morgan fingerprint density at radius 3 is 2.32 bits per heavy atom. The minimum atomic E-state index is -1.25. The molecule has 0 aromatic heterocycles. The van der Waals surface area contributed by atoms with E-state index < -0.39 is 5.79 Å². The third kappa shape index (κ3) is 4.04. The molecule has 0 bridgehead atoms. The number of para-hydroxylation sites is 1.